The Morgan fingerprint density at radius 3 is 1.95 bits per heavy atom. The van der Waals surface area contributed by atoms with Crippen LogP contribution in [0, 0.1) is 0 Å². The Kier molecular flexibility index (Phi) is 4.09. The van der Waals surface area contributed by atoms with Crippen molar-refractivity contribution in [1.82, 2.24) is 4.90 Å². The minimum atomic E-state index is -3.28. The van der Waals surface area contributed by atoms with E-state index in [4.69, 9.17) is 9.42 Å². The van der Waals surface area contributed by atoms with Crippen molar-refractivity contribution in [2.24, 2.45) is 0 Å². The van der Waals surface area contributed by atoms with Crippen molar-refractivity contribution in [1.29, 1.82) is 0 Å². The van der Waals surface area contributed by atoms with Crippen molar-refractivity contribution in [3.05, 3.63) is 35.4 Å². The highest BCUT2D eigenvalue weighted by Gasteiger charge is 2.48. The molecule has 0 spiro atoms. The number of hydrogen-bond donors (Lipinski definition) is 1. The van der Waals surface area contributed by atoms with Gasteiger partial charge in [-0.3, -0.25) is 18.7 Å². The molecule has 0 saturated carbocycles. The maximum atomic E-state index is 12.4. The average Bonchev–Trinajstić information content (AvgIpc) is 2.69. The molecule has 1 N–H and O–H groups in total. The summed E-state index contributed by atoms with van der Waals surface area (Å²) in [5, 5.41) is 0. The second kappa shape index (κ2) is 5.48. The van der Waals surface area contributed by atoms with E-state index in [1.807, 2.05) is 0 Å². The van der Waals surface area contributed by atoms with Gasteiger partial charge in [0.05, 0.1) is 11.1 Å². The van der Waals surface area contributed by atoms with E-state index in [0.29, 0.717) is 11.1 Å². The molecule has 0 saturated heterocycles. The number of carbonyl (C=O) groups excluding carboxylic acids is 2. The van der Waals surface area contributed by atoms with Gasteiger partial charge in [-0.2, -0.15) is 0 Å². The van der Waals surface area contributed by atoms with E-state index in [1.54, 1.807) is 38.1 Å². The fraction of sp³-hybridized carbons (Fsp3) is 0.385. The van der Waals surface area contributed by atoms with Crippen LogP contribution < -0.4 is 0 Å². The van der Waals surface area contributed by atoms with Gasteiger partial charge in [-0.05, 0) is 25.0 Å². The van der Waals surface area contributed by atoms with Crippen molar-refractivity contribution in [2.75, 3.05) is 0 Å². The Balaban J connectivity index is 2.50. The molecule has 1 unspecified atom stereocenters. The molecule has 2 rings (SSSR count). The van der Waals surface area contributed by atoms with E-state index in [1.165, 1.54) is 0 Å². The van der Waals surface area contributed by atoms with Gasteiger partial charge in [0.25, 0.3) is 11.8 Å². The van der Waals surface area contributed by atoms with Gasteiger partial charge < -0.3 is 4.89 Å². The summed E-state index contributed by atoms with van der Waals surface area (Å²) in [4.78, 5) is 34.9. The first-order chi connectivity index (χ1) is 9.46. The summed E-state index contributed by atoms with van der Waals surface area (Å²) in [6, 6.07) is 6.47. The number of imide groups is 1. The van der Waals surface area contributed by atoms with Crippen LogP contribution in [0.25, 0.3) is 0 Å². The molecule has 0 radical (unpaired) electrons. The quantitative estimate of drug-likeness (QED) is 0.665. The van der Waals surface area contributed by atoms with E-state index >= 15 is 0 Å². The molecule has 2 amide bonds. The fourth-order valence-corrected chi connectivity index (χ4v) is 3.18. The summed E-state index contributed by atoms with van der Waals surface area (Å²) in [5.74, 6) is -0.977. The highest BCUT2D eigenvalue weighted by molar-refractivity contribution is 7.32. The first-order valence-electron chi connectivity index (χ1n) is 6.36. The number of amides is 2. The lowest BCUT2D eigenvalue weighted by Gasteiger charge is -2.37. The van der Waals surface area contributed by atoms with Crippen LogP contribution in [-0.4, -0.2) is 27.3 Å². The Morgan fingerprint density at radius 1 is 1.15 bits per heavy atom. The molecule has 0 bridgehead atoms. The summed E-state index contributed by atoms with van der Waals surface area (Å²) < 4.78 is 16.2. The number of fused-ring (bicyclic) bond motifs is 1. The summed E-state index contributed by atoms with van der Waals surface area (Å²) in [6.45, 7) is 3.41. The zero-order valence-corrected chi connectivity index (χ0v) is 12.3. The topological polar surface area (TPSA) is 83.9 Å². The average molecular weight is 297 g/mol. The highest BCUT2D eigenvalue weighted by atomic mass is 31.1. The minimum absolute atomic E-state index is 0.242. The Labute approximate surface area is 117 Å². The van der Waals surface area contributed by atoms with Crippen LogP contribution in [0.4, 0.5) is 0 Å². The molecule has 1 atom stereocenters. The summed E-state index contributed by atoms with van der Waals surface area (Å²) in [5.41, 5.74) is -0.784. The second-order valence-electron chi connectivity index (χ2n) is 4.51. The molecule has 0 fully saturated rings. The summed E-state index contributed by atoms with van der Waals surface area (Å²) in [6.07, 6.45) is 0.484. The van der Waals surface area contributed by atoms with Gasteiger partial charge in [0.1, 0.15) is 0 Å². The fourth-order valence-electron chi connectivity index (χ4n) is 2.48. The third-order valence-electron chi connectivity index (χ3n) is 3.58. The zero-order chi connectivity index (χ0) is 14.9. The standard InChI is InChI=1S/C13H16NO5P/c1-3-13(4-2,19-20(17)18)14-11(15)9-7-5-6-8-10(9)12(14)16/h5-8,20H,3-4H2,1-2H3,(H,17,18). The summed E-state index contributed by atoms with van der Waals surface area (Å²) in [7, 11) is -3.28. The first-order valence-corrected chi connectivity index (χ1v) is 7.63. The van der Waals surface area contributed by atoms with Crippen LogP contribution in [0.1, 0.15) is 47.4 Å². The number of benzene rings is 1. The molecule has 20 heavy (non-hydrogen) atoms. The highest BCUT2D eigenvalue weighted by Crippen LogP contribution is 2.39. The molecular weight excluding hydrogens is 281 g/mol. The Hall–Kier alpha value is -1.49. The van der Waals surface area contributed by atoms with Crippen molar-refractivity contribution in [3.8, 4) is 0 Å². The van der Waals surface area contributed by atoms with Crippen LogP contribution in [0.3, 0.4) is 0 Å². The molecular formula is C13H16NO5P. The van der Waals surface area contributed by atoms with Gasteiger partial charge in [0.2, 0.25) is 0 Å². The molecule has 1 aliphatic rings. The molecule has 108 valence electrons. The van der Waals surface area contributed by atoms with Crippen LogP contribution in [0.15, 0.2) is 24.3 Å². The van der Waals surface area contributed by atoms with Crippen LogP contribution in [0.2, 0.25) is 0 Å². The lowest BCUT2D eigenvalue weighted by atomic mass is 10.1. The van der Waals surface area contributed by atoms with Gasteiger partial charge >= 0.3 is 8.25 Å². The van der Waals surface area contributed by atoms with Gasteiger partial charge in [-0.15, -0.1) is 0 Å². The third-order valence-corrected chi connectivity index (χ3v) is 4.14. The predicted molar refractivity (Wildman–Crippen MR) is 72.6 cm³/mol. The predicted octanol–water partition coefficient (Wildman–Crippen LogP) is 2.20. The van der Waals surface area contributed by atoms with Crippen molar-refractivity contribution < 1.29 is 23.6 Å². The third kappa shape index (κ3) is 2.20. The Morgan fingerprint density at radius 2 is 1.60 bits per heavy atom. The maximum absolute atomic E-state index is 12.4. The molecule has 1 aromatic carbocycles. The number of carbonyl (C=O) groups is 2. The molecule has 0 aliphatic carbocycles. The molecule has 0 aromatic heterocycles. The zero-order valence-electron chi connectivity index (χ0n) is 11.3. The monoisotopic (exact) mass is 297 g/mol. The van der Waals surface area contributed by atoms with Gasteiger partial charge in [-0.1, -0.05) is 26.0 Å². The number of rotatable bonds is 5. The normalized spacial score (nSPS) is 16.4. The number of nitrogens with zero attached hydrogens (tertiary/aromatic N) is 1. The van der Waals surface area contributed by atoms with E-state index in [-0.39, 0.29) is 12.8 Å². The molecule has 6 nitrogen and oxygen atoms in total. The van der Waals surface area contributed by atoms with E-state index in [2.05, 4.69) is 0 Å². The van der Waals surface area contributed by atoms with Crippen molar-refractivity contribution in [3.63, 3.8) is 0 Å². The molecule has 7 heteroatoms. The minimum Gasteiger partial charge on any atom is -0.326 e. The molecule has 1 heterocycles. The lowest BCUT2D eigenvalue weighted by Crippen LogP contribution is -2.52. The summed E-state index contributed by atoms with van der Waals surface area (Å²) >= 11 is 0. The maximum Gasteiger partial charge on any atom is 0.318 e. The van der Waals surface area contributed by atoms with Crippen LogP contribution in [-0.2, 0) is 9.09 Å². The van der Waals surface area contributed by atoms with E-state index in [9.17, 15) is 14.2 Å². The van der Waals surface area contributed by atoms with Crippen LogP contribution >= 0.6 is 8.25 Å². The van der Waals surface area contributed by atoms with Crippen molar-refractivity contribution in [2.45, 2.75) is 32.4 Å². The van der Waals surface area contributed by atoms with Crippen molar-refractivity contribution >= 4 is 20.1 Å². The SMILES string of the molecule is CCC(CC)(O[PH](=O)O)N1C(=O)c2ccccc2C1=O. The largest absolute Gasteiger partial charge is 0.326 e. The van der Waals surface area contributed by atoms with Gasteiger partial charge in [0, 0.05) is 0 Å². The number of hydrogen-bond acceptors (Lipinski definition) is 4. The van der Waals surface area contributed by atoms with E-state index in [0.717, 1.165) is 4.90 Å². The van der Waals surface area contributed by atoms with Gasteiger partial charge in [0.15, 0.2) is 5.72 Å². The van der Waals surface area contributed by atoms with E-state index < -0.39 is 25.8 Å². The Bertz CT molecular complexity index is 547. The molecule has 1 aromatic rings. The lowest BCUT2D eigenvalue weighted by molar-refractivity contribution is -0.0541. The molecule has 1 aliphatic heterocycles. The van der Waals surface area contributed by atoms with Gasteiger partial charge in [-0.25, -0.2) is 4.90 Å². The van der Waals surface area contributed by atoms with Crippen LogP contribution in [0.5, 0.6) is 0 Å². The first kappa shape index (κ1) is 14.9. The smallest absolute Gasteiger partial charge is 0.318 e. The second-order valence-corrected chi connectivity index (χ2v) is 5.25.